The monoisotopic (exact) mass is 317 g/mol. The van der Waals surface area contributed by atoms with E-state index in [1.54, 1.807) is 7.11 Å². The first kappa shape index (κ1) is 12.0. The van der Waals surface area contributed by atoms with Crippen LogP contribution in [0.3, 0.4) is 0 Å². The molecule has 0 bridgehead atoms. The minimum Gasteiger partial charge on any atom is -0.497 e. The molecule has 19 heavy (non-hydrogen) atoms. The van der Waals surface area contributed by atoms with Crippen molar-refractivity contribution >= 4 is 27.4 Å². The number of methoxy groups -OCH3 is 1. The van der Waals surface area contributed by atoms with Crippen LogP contribution in [0.4, 0.5) is 5.82 Å². The Balaban J connectivity index is 2.19. The topological polar surface area (TPSA) is 52.5 Å². The Hall–Kier alpha value is -2.01. The number of hydrogen-bond donors (Lipinski definition) is 1. The summed E-state index contributed by atoms with van der Waals surface area (Å²) in [6.07, 6.45) is 1.90. The van der Waals surface area contributed by atoms with Gasteiger partial charge in [0, 0.05) is 11.8 Å². The quantitative estimate of drug-likeness (QED) is 0.788. The Kier molecular flexibility index (Phi) is 2.91. The van der Waals surface area contributed by atoms with Gasteiger partial charge in [0.1, 0.15) is 17.3 Å². The number of fused-ring (bicyclic) bond motifs is 1. The number of nitrogen functional groups attached to an aromatic ring is 1. The smallest absolute Gasteiger partial charge is 0.153 e. The molecule has 4 nitrogen and oxygen atoms in total. The first-order valence-electron chi connectivity index (χ1n) is 5.77. The van der Waals surface area contributed by atoms with Gasteiger partial charge in [-0.15, -0.1) is 0 Å². The molecule has 3 rings (SSSR count). The fraction of sp³-hybridized carbons (Fsp3) is 0.0714. The zero-order chi connectivity index (χ0) is 13.4. The number of rotatable bonds is 2. The second-order valence-electron chi connectivity index (χ2n) is 4.12. The van der Waals surface area contributed by atoms with Crippen molar-refractivity contribution in [3.05, 3.63) is 47.1 Å². The number of imidazole rings is 1. The molecule has 0 atom stereocenters. The predicted molar refractivity (Wildman–Crippen MR) is 79.3 cm³/mol. The maximum atomic E-state index is 6.16. The number of hydrogen-bond acceptors (Lipinski definition) is 3. The summed E-state index contributed by atoms with van der Waals surface area (Å²) in [5, 5.41) is 0. The van der Waals surface area contributed by atoms with Crippen LogP contribution in [0.25, 0.3) is 16.9 Å². The number of pyridine rings is 1. The van der Waals surface area contributed by atoms with E-state index in [0.29, 0.717) is 5.82 Å². The van der Waals surface area contributed by atoms with Gasteiger partial charge in [0.15, 0.2) is 5.65 Å². The van der Waals surface area contributed by atoms with Crippen LogP contribution in [-0.2, 0) is 0 Å². The Morgan fingerprint density at radius 2 is 1.95 bits per heavy atom. The summed E-state index contributed by atoms with van der Waals surface area (Å²) < 4.78 is 7.93. The number of halogens is 1. The Morgan fingerprint density at radius 1 is 1.21 bits per heavy atom. The molecule has 0 unspecified atom stereocenters. The number of nitrogens with zero attached hydrogens (tertiary/aromatic N) is 2. The number of ether oxygens (including phenoxy) is 1. The molecule has 0 spiro atoms. The van der Waals surface area contributed by atoms with Crippen molar-refractivity contribution in [2.24, 2.45) is 0 Å². The minimum absolute atomic E-state index is 0.626. The lowest BCUT2D eigenvalue weighted by Crippen LogP contribution is -1.93. The van der Waals surface area contributed by atoms with E-state index in [9.17, 15) is 0 Å². The minimum atomic E-state index is 0.626. The molecule has 2 aromatic heterocycles. The molecule has 3 aromatic rings. The molecule has 0 saturated heterocycles. The summed E-state index contributed by atoms with van der Waals surface area (Å²) in [6.45, 7) is 0. The fourth-order valence-corrected chi connectivity index (χ4v) is 2.45. The molecular weight excluding hydrogens is 306 g/mol. The van der Waals surface area contributed by atoms with Crippen molar-refractivity contribution in [1.29, 1.82) is 0 Å². The van der Waals surface area contributed by atoms with Crippen LogP contribution in [0.1, 0.15) is 0 Å². The van der Waals surface area contributed by atoms with Gasteiger partial charge in [-0.25, -0.2) is 4.98 Å². The molecule has 2 N–H and O–H groups in total. The highest BCUT2D eigenvalue weighted by atomic mass is 79.9. The number of nitrogens with two attached hydrogens (primary N) is 1. The van der Waals surface area contributed by atoms with Gasteiger partial charge >= 0.3 is 0 Å². The summed E-state index contributed by atoms with van der Waals surface area (Å²) in [6, 6.07) is 11.6. The van der Waals surface area contributed by atoms with E-state index < -0.39 is 0 Å². The van der Waals surface area contributed by atoms with Crippen LogP contribution in [0.5, 0.6) is 5.75 Å². The average Bonchev–Trinajstić information content (AvgIpc) is 2.78. The lowest BCUT2D eigenvalue weighted by molar-refractivity contribution is 0.415. The maximum absolute atomic E-state index is 6.16. The SMILES string of the molecule is COc1ccc(-c2nc3c(Br)cccn3c2N)cc1. The van der Waals surface area contributed by atoms with Crippen LogP contribution in [0.2, 0.25) is 0 Å². The number of benzene rings is 1. The van der Waals surface area contributed by atoms with Crippen molar-refractivity contribution in [3.8, 4) is 17.0 Å². The van der Waals surface area contributed by atoms with Crippen molar-refractivity contribution in [3.63, 3.8) is 0 Å². The Bertz CT molecular complexity index is 734. The molecule has 1 aromatic carbocycles. The van der Waals surface area contributed by atoms with Gasteiger partial charge in [-0.1, -0.05) is 0 Å². The van der Waals surface area contributed by atoms with Crippen LogP contribution < -0.4 is 10.5 Å². The van der Waals surface area contributed by atoms with E-state index in [1.165, 1.54) is 0 Å². The van der Waals surface area contributed by atoms with Gasteiger partial charge in [-0.2, -0.15) is 0 Å². The lowest BCUT2D eigenvalue weighted by atomic mass is 10.1. The van der Waals surface area contributed by atoms with Crippen molar-refractivity contribution in [1.82, 2.24) is 9.38 Å². The summed E-state index contributed by atoms with van der Waals surface area (Å²) in [4.78, 5) is 4.59. The molecule has 0 fully saturated rings. The summed E-state index contributed by atoms with van der Waals surface area (Å²) in [7, 11) is 1.64. The van der Waals surface area contributed by atoms with Crippen LogP contribution in [0.15, 0.2) is 47.1 Å². The van der Waals surface area contributed by atoms with Gasteiger partial charge in [-0.3, -0.25) is 4.40 Å². The molecule has 2 heterocycles. The van der Waals surface area contributed by atoms with E-state index in [4.69, 9.17) is 10.5 Å². The second kappa shape index (κ2) is 4.59. The molecule has 0 saturated carbocycles. The molecule has 0 amide bonds. The standard InChI is InChI=1S/C14H12BrN3O/c1-19-10-6-4-9(5-7-10)12-13(16)18-8-2-3-11(15)14(18)17-12/h2-8H,16H2,1H3. The third-order valence-corrected chi connectivity index (χ3v) is 3.62. The van der Waals surface area contributed by atoms with E-state index >= 15 is 0 Å². The van der Waals surface area contributed by atoms with E-state index in [2.05, 4.69) is 20.9 Å². The average molecular weight is 318 g/mol. The van der Waals surface area contributed by atoms with Crippen molar-refractivity contribution in [2.45, 2.75) is 0 Å². The Labute approximate surface area is 119 Å². The van der Waals surface area contributed by atoms with Crippen LogP contribution in [-0.4, -0.2) is 16.5 Å². The van der Waals surface area contributed by atoms with Gasteiger partial charge in [0.25, 0.3) is 0 Å². The van der Waals surface area contributed by atoms with E-state index in [1.807, 2.05) is 47.0 Å². The van der Waals surface area contributed by atoms with E-state index in [-0.39, 0.29) is 0 Å². The number of aromatic nitrogens is 2. The Morgan fingerprint density at radius 3 is 2.58 bits per heavy atom. The van der Waals surface area contributed by atoms with Crippen molar-refractivity contribution in [2.75, 3.05) is 12.8 Å². The van der Waals surface area contributed by atoms with Gasteiger partial charge in [0.05, 0.1) is 11.6 Å². The zero-order valence-corrected chi connectivity index (χ0v) is 11.9. The summed E-state index contributed by atoms with van der Waals surface area (Å²) >= 11 is 3.48. The van der Waals surface area contributed by atoms with Crippen LogP contribution >= 0.6 is 15.9 Å². The fourth-order valence-electron chi connectivity index (χ4n) is 2.01. The van der Waals surface area contributed by atoms with Crippen LogP contribution in [0, 0.1) is 0 Å². The lowest BCUT2D eigenvalue weighted by Gasteiger charge is -2.02. The highest BCUT2D eigenvalue weighted by molar-refractivity contribution is 9.10. The van der Waals surface area contributed by atoms with Gasteiger partial charge in [0.2, 0.25) is 0 Å². The molecule has 96 valence electrons. The van der Waals surface area contributed by atoms with Gasteiger partial charge in [-0.05, 0) is 52.3 Å². The highest BCUT2D eigenvalue weighted by Crippen LogP contribution is 2.30. The molecule has 0 radical (unpaired) electrons. The van der Waals surface area contributed by atoms with E-state index in [0.717, 1.165) is 27.1 Å². The highest BCUT2D eigenvalue weighted by Gasteiger charge is 2.12. The first-order valence-corrected chi connectivity index (χ1v) is 6.56. The second-order valence-corrected chi connectivity index (χ2v) is 4.98. The first-order chi connectivity index (χ1) is 9.20. The molecule has 0 aliphatic carbocycles. The predicted octanol–water partition coefficient (Wildman–Crippen LogP) is 3.35. The third-order valence-electron chi connectivity index (χ3n) is 3.00. The third kappa shape index (κ3) is 1.96. The maximum Gasteiger partial charge on any atom is 0.153 e. The summed E-state index contributed by atoms with van der Waals surface area (Å²) in [5.41, 5.74) is 8.71. The molecule has 0 aliphatic rings. The number of anilines is 1. The summed E-state index contributed by atoms with van der Waals surface area (Å²) in [5.74, 6) is 1.44. The normalized spacial score (nSPS) is 10.8. The zero-order valence-electron chi connectivity index (χ0n) is 10.3. The largest absolute Gasteiger partial charge is 0.497 e. The van der Waals surface area contributed by atoms with Gasteiger partial charge < -0.3 is 10.5 Å². The molecule has 0 aliphatic heterocycles. The molecular formula is C14H12BrN3O. The van der Waals surface area contributed by atoms with Crippen molar-refractivity contribution < 1.29 is 4.74 Å². The molecule has 5 heteroatoms.